The fourth-order valence-corrected chi connectivity index (χ4v) is 2.26. The topological polar surface area (TPSA) is 75.6 Å². The molecule has 0 bridgehead atoms. The van der Waals surface area contributed by atoms with Gasteiger partial charge in [-0.1, -0.05) is 15.9 Å². The van der Waals surface area contributed by atoms with Crippen molar-refractivity contribution in [2.75, 3.05) is 13.2 Å². The maximum atomic E-state index is 11.3. The van der Waals surface area contributed by atoms with Crippen LogP contribution in [-0.2, 0) is 9.59 Å². The van der Waals surface area contributed by atoms with E-state index in [0.717, 1.165) is 8.95 Å². The maximum absolute atomic E-state index is 11.3. The van der Waals surface area contributed by atoms with Gasteiger partial charge in [-0.25, -0.2) is 0 Å². The molecule has 0 aliphatic heterocycles. The summed E-state index contributed by atoms with van der Waals surface area (Å²) in [4.78, 5) is 21.6. The molecule has 0 aliphatic carbocycles. The molecule has 1 amide bonds. The summed E-state index contributed by atoms with van der Waals surface area (Å²) in [5.74, 6) is -0.760. The lowest BCUT2D eigenvalue weighted by atomic mass is 10.3. The van der Waals surface area contributed by atoms with E-state index in [2.05, 4.69) is 37.2 Å². The molecule has 98 valence electrons. The van der Waals surface area contributed by atoms with Crippen molar-refractivity contribution in [3.63, 3.8) is 0 Å². The highest BCUT2D eigenvalue weighted by Crippen LogP contribution is 2.27. The number of benzene rings is 1. The van der Waals surface area contributed by atoms with Gasteiger partial charge in [0.15, 0.2) is 6.61 Å². The van der Waals surface area contributed by atoms with Gasteiger partial charge in [-0.3, -0.25) is 9.59 Å². The van der Waals surface area contributed by atoms with Crippen LogP contribution in [0.1, 0.15) is 6.42 Å². The summed E-state index contributed by atoms with van der Waals surface area (Å²) >= 11 is 6.61. The molecule has 1 aromatic carbocycles. The van der Waals surface area contributed by atoms with Crippen LogP contribution in [0.4, 0.5) is 0 Å². The van der Waals surface area contributed by atoms with Crippen molar-refractivity contribution in [3.8, 4) is 5.75 Å². The van der Waals surface area contributed by atoms with Gasteiger partial charge in [0.25, 0.3) is 5.91 Å². The Morgan fingerprint density at radius 1 is 1.33 bits per heavy atom. The SMILES string of the molecule is O=C(O)CCNC(=O)COc1ccc(Br)cc1Br. The van der Waals surface area contributed by atoms with Gasteiger partial charge in [-0.05, 0) is 34.1 Å². The van der Waals surface area contributed by atoms with E-state index < -0.39 is 5.97 Å². The summed E-state index contributed by atoms with van der Waals surface area (Å²) in [5.41, 5.74) is 0. The second-order valence-corrected chi connectivity index (χ2v) is 5.13. The average Bonchev–Trinajstić information content (AvgIpc) is 2.27. The quantitative estimate of drug-likeness (QED) is 0.793. The lowest BCUT2D eigenvalue weighted by molar-refractivity contribution is -0.137. The fourth-order valence-electron chi connectivity index (χ4n) is 1.10. The molecule has 0 aliphatic rings. The summed E-state index contributed by atoms with van der Waals surface area (Å²) in [7, 11) is 0. The molecule has 0 heterocycles. The van der Waals surface area contributed by atoms with E-state index in [-0.39, 0.29) is 25.5 Å². The van der Waals surface area contributed by atoms with Gasteiger partial charge in [0, 0.05) is 11.0 Å². The molecule has 0 unspecified atom stereocenters. The van der Waals surface area contributed by atoms with Crippen LogP contribution in [0.3, 0.4) is 0 Å². The number of carboxylic acids is 1. The number of aliphatic carboxylic acids is 1. The summed E-state index contributed by atoms with van der Waals surface area (Å²) in [6.45, 7) is -0.0567. The smallest absolute Gasteiger partial charge is 0.305 e. The first-order chi connectivity index (χ1) is 8.49. The summed E-state index contributed by atoms with van der Waals surface area (Å²) in [6.07, 6.45) is -0.103. The molecule has 1 aromatic rings. The Hall–Kier alpha value is -1.08. The van der Waals surface area contributed by atoms with Crippen molar-refractivity contribution in [2.45, 2.75) is 6.42 Å². The summed E-state index contributed by atoms with van der Waals surface area (Å²) < 4.78 is 6.91. The predicted octanol–water partition coefficient (Wildman–Crippen LogP) is 2.18. The second-order valence-electron chi connectivity index (χ2n) is 3.36. The Morgan fingerprint density at radius 3 is 2.67 bits per heavy atom. The van der Waals surface area contributed by atoms with Gasteiger partial charge in [0.05, 0.1) is 10.9 Å². The third-order valence-electron chi connectivity index (χ3n) is 1.91. The van der Waals surface area contributed by atoms with Gasteiger partial charge < -0.3 is 15.2 Å². The van der Waals surface area contributed by atoms with E-state index in [9.17, 15) is 9.59 Å². The van der Waals surface area contributed by atoms with Crippen LogP contribution in [0, 0.1) is 0 Å². The maximum Gasteiger partial charge on any atom is 0.305 e. The normalized spacial score (nSPS) is 9.89. The Morgan fingerprint density at radius 2 is 2.06 bits per heavy atom. The number of halogens is 2. The monoisotopic (exact) mass is 379 g/mol. The van der Waals surface area contributed by atoms with Crippen LogP contribution in [0.2, 0.25) is 0 Å². The minimum Gasteiger partial charge on any atom is -0.483 e. The highest BCUT2D eigenvalue weighted by atomic mass is 79.9. The van der Waals surface area contributed by atoms with E-state index >= 15 is 0 Å². The van der Waals surface area contributed by atoms with Gasteiger partial charge >= 0.3 is 5.97 Å². The molecular formula is C11H11Br2NO4. The van der Waals surface area contributed by atoms with Crippen LogP contribution >= 0.6 is 31.9 Å². The molecule has 1 rings (SSSR count). The highest BCUT2D eigenvalue weighted by Gasteiger charge is 2.06. The molecule has 7 heteroatoms. The molecule has 0 atom stereocenters. The number of carbonyl (C=O) groups excluding carboxylic acids is 1. The van der Waals surface area contributed by atoms with Gasteiger partial charge in [0.1, 0.15) is 5.75 Å². The van der Waals surface area contributed by atoms with Crippen molar-refractivity contribution in [2.24, 2.45) is 0 Å². The Bertz CT molecular complexity index is 451. The molecule has 5 nitrogen and oxygen atoms in total. The van der Waals surface area contributed by atoms with Gasteiger partial charge in [0.2, 0.25) is 0 Å². The Labute approximate surface area is 121 Å². The van der Waals surface area contributed by atoms with Crippen LogP contribution in [0.15, 0.2) is 27.1 Å². The second kappa shape index (κ2) is 7.38. The number of hydrogen-bond donors (Lipinski definition) is 2. The Kier molecular flexibility index (Phi) is 6.14. The van der Waals surface area contributed by atoms with Crippen molar-refractivity contribution in [1.29, 1.82) is 0 Å². The van der Waals surface area contributed by atoms with Gasteiger partial charge in [-0.2, -0.15) is 0 Å². The zero-order chi connectivity index (χ0) is 13.5. The Balaban J connectivity index is 2.36. The highest BCUT2D eigenvalue weighted by molar-refractivity contribution is 9.11. The number of carbonyl (C=O) groups is 2. The molecule has 18 heavy (non-hydrogen) atoms. The van der Waals surface area contributed by atoms with Crippen LogP contribution in [0.25, 0.3) is 0 Å². The summed E-state index contributed by atoms with van der Waals surface area (Å²) in [6, 6.07) is 5.32. The number of carboxylic acid groups (broad SMARTS) is 1. The van der Waals surface area contributed by atoms with Crippen LogP contribution < -0.4 is 10.1 Å². The minimum absolute atomic E-state index is 0.0963. The van der Waals surface area contributed by atoms with Crippen molar-refractivity contribution in [3.05, 3.63) is 27.1 Å². The third-order valence-corrected chi connectivity index (χ3v) is 3.03. The van der Waals surface area contributed by atoms with Crippen molar-refractivity contribution in [1.82, 2.24) is 5.32 Å². The van der Waals surface area contributed by atoms with Crippen LogP contribution in [-0.4, -0.2) is 30.1 Å². The number of hydrogen-bond acceptors (Lipinski definition) is 3. The molecule has 0 radical (unpaired) electrons. The lowest BCUT2D eigenvalue weighted by Gasteiger charge is -2.08. The van der Waals surface area contributed by atoms with Crippen molar-refractivity contribution >= 4 is 43.7 Å². The first kappa shape index (κ1) is 15.0. The minimum atomic E-state index is -0.952. The largest absolute Gasteiger partial charge is 0.483 e. The van der Waals surface area contributed by atoms with Crippen molar-refractivity contribution < 1.29 is 19.4 Å². The zero-order valence-electron chi connectivity index (χ0n) is 9.28. The average molecular weight is 381 g/mol. The third kappa shape index (κ3) is 5.50. The van der Waals surface area contributed by atoms with E-state index in [0.29, 0.717) is 5.75 Å². The molecular weight excluding hydrogens is 370 g/mol. The zero-order valence-corrected chi connectivity index (χ0v) is 12.5. The number of rotatable bonds is 6. The standard InChI is InChI=1S/C11H11Br2NO4/c12-7-1-2-9(8(13)5-7)18-6-10(15)14-4-3-11(16)17/h1-2,5H,3-4,6H2,(H,14,15)(H,16,17). The first-order valence-corrected chi connectivity index (χ1v) is 6.64. The molecule has 0 aromatic heterocycles. The summed E-state index contributed by atoms with van der Waals surface area (Å²) in [5, 5.41) is 10.8. The molecule has 0 saturated heterocycles. The lowest BCUT2D eigenvalue weighted by Crippen LogP contribution is -2.30. The number of amides is 1. The molecule has 0 spiro atoms. The molecule has 2 N–H and O–H groups in total. The van der Waals surface area contributed by atoms with Gasteiger partial charge in [-0.15, -0.1) is 0 Å². The van der Waals surface area contributed by atoms with E-state index in [4.69, 9.17) is 9.84 Å². The number of nitrogens with one attached hydrogen (secondary N) is 1. The fraction of sp³-hybridized carbons (Fsp3) is 0.273. The molecule has 0 fully saturated rings. The van der Waals surface area contributed by atoms with Crippen LogP contribution in [0.5, 0.6) is 5.75 Å². The predicted molar refractivity (Wildman–Crippen MR) is 72.6 cm³/mol. The van der Waals surface area contributed by atoms with E-state index in [1.807, 2.05) is 0 Å². The number of ether oxygens (including phenoxy) is 1. The first-order valence-electron chi connectivity index (χ1n) is 5.05. The molecule has 0 saturated carbocycles. The van der Waals surface area contributed by atoms with E-state index in [1.165, 1.54) is 0 Å². The van der Waals surface area contributed by atoms with E-state index in [1.54, 1.807) is 18.2 Å².